The number of carboxylic acid groups (broad SMARTS) is 1. The highest BCUT2D eigenvalue weighted by atomic mass is 35.5. The molecule has 0 saturated heterocycles. The van der Waals surface area contributed by atoms with Crippen molar-refractivity contribution in [2.45, 2.75) is 52.6 Å². The smallest absolute Gasteiger partial charge is 0.320 e. The Morgan fingerprint density at radius 1 is 1.00 bits per heavy atom. The van der Waals surface area contributed by atoms with E-state index in [9.17, 15) is 4.79 Å². The van der Waals surface area contributed by atoms with E-state index in [0.29, 0.717) is 24.8 Å². The van der Waals surface area contributed by atoms with Crippen molar-refractivity contribution in [3.05, 3.63) is 0 Å². The minimum Gasteiger partial charge on any atom is -0.480 e. The third-order valence-corrected chi connectivity index (χ3v) is 2.12. The first-order valence-corrected chi connectivity index (χ1v) is 6.14. The van der Waals surface area contributed by atoms with Crippen molar-refractivity contribution in [3.63, 3.8) is 0 Å². The standard InChI is InChI=1S/C6H16N2.C6H13NO2.2ClH/c1-5(2)3-6(8)4-7;1-4(2)3-5(7)6(8)9;;/h5-6H,3-4,7-8H2,1-2H3;4-5H,3,7H2,1-2H3,(H,8,9);2*1H/t6-;5-;;/m00../s1. The minimum atomic E-state index is -0.913. The lowest BCUT2D eigenvalue weighted by Gasteiger charge is -2.09. The maximum atomic E-state index is 10.1. The highest BCUT2D eigenvalue weighted by Crippen LogP contribution is 2.01. The van der Waals surface area contributed by atoms with Crippen LogP contribution in [0.1, 0.15) is 40.5 Å². The Morgan fingerprint density at radius 2 is 1.37 bits per heavy atom. The summed E-state index contributed by atoms with van der Waals surface area (Å²) in [6, 6.07) is -0.486. The van der Waals surface area contributed by atoms with E-state index in [1.54, 1.807) is 0 Å². The molecule has 0 fully saturated rings. The van der Waals surface area contributed by atoms with Gasteiger partial charge in [-0.15, -0.1) is 24.8 Å². The van der Waals surface area contributed by atoms with Gasteiger partial charge in [0, 0.05) is 12.6 Å². The predicted octanol–water partition coefficient (Wildman–Crippen LogP) is 1.61. The van der Waals surface area contributed by atoms with E-state index in [2.05, 4.69) is 13.8 Å². The van der Waals surface area contributed by atoms with Gasteiger partial charge in [-0.3, -0.25) is 4.79 Å². The average molecular weight is 320 g/mol. The molecule has 0 bridgehead atoms. The fraction of sp³-hybridized carbons (Fsp3) is 0.917. The maximum Gasteiger partial charge on any atom is 0.320 e. The molecule has 0 radical (unpaired) electrons. The zero-order valence-electron chi connectivity index (χ0n) is 12.3. The summed E-state index contributed by atoms with van der Waals surface area (Å²) in [6.45, 7) is 8.80. The molecule has 19 heavy (non-hydrogen) atoms. The topological polar surface area (TPSA) is 115 Å². The molecule has 0 amide bonds. The van der Waals surface area contributed by atoms with Crippen molar-refractivity contribution in [1.29, 1.82) is 0 Å². The van der Waals surface area contributed by atoms with Crippen molar-refractivity contribution in [2.75, 3.05) is 6.54 Å². The SMILES string of the molecule is CC(C)C[C@H](N)C(=O)O.CC(C)C[C@H](N)CN.Cl.Cl. The van der Waals surface area contributed by atoms with E-state index in [1.807, 2.05) is 13.8 Å². The summed E-state index contributed by atoms with van der Waals surface area (Å²) in [5.74, 6) is 0.119. The molecule has 0 aromatic rings. The fourth-order valence-corrected chi connectivity index (χ4v) is 1.31. The van der Waals surface area contributed by atoms with Crippen LogP contribution in [0.3, 0.4) is 0 Å². The van der Waals surface area contributed by atoms with Crippen LogP contribution >= 0.6 is 24.8 Å². The summed E-state index contributed by atoms with van der Waals surface area (Å²) in [5, 5.41) is 8.31. The molecule has 0 heterocycles. The van der Waals surface area contributed by atoms with Gasteiger partial charge >= 0.3 is 5.97 Å². The third kappa shape index (κ3) is 23.4. The molecule has 5 nitrogen and oxygen atoms in total. The van der Waals surface area contributed by atoms with E-state index in [4.69, 9.17) is 22.3 Å². The van der Waals surface area contributed by atoms with Crippen LogP contribution in [0.5, 0.6) is 0 Å². The van der Waals surface area contributed by atoms with Crippen molar-refractivity contribution < 1.29 is 9.90 Å². The largest absolute Gasteiger partial charge is 0.480 e. The van der Waals surface area contributed by atoms with Gasteiger partial charge in [-0.2, -0.15) is 0 Å². The van der Waals surface area contributed by atoms with Crippen molar-refractivity contribution in [3.8, 4) is 0 Å². The summed E-state index contributed by atoms with van der Waals surface area (Å²) in [4.78, 5) is 10.1. The van der Waals surface area contributed by atoms with E-state index in [1.165, 1.54) is 0 Å². The molecule has 0 aliphatic heterocycles. The van der Waals surface area contributed by atoms with E-state index in [-0.39, 0.29) is 30.9 Å². The van der Waals surface area contributed by atoms with Crippen LogP contribution in [0, 0.1) is 11.8 Å². The highest BCUT2D eigenvalue weighted by molar-refractivity contribution is 5.85. The van der Waals surface area contributed by atoms with Gasteiger partial charge in [-0.25, -0.2) is 0 Å². The van der Waals surface area contributed by atoms with Crippen LogP contribution in [0.15, 0.2) is 0 Å². The van der Waals surface area contributed by atoms with E-state index in [0.717, 1.165) is 6.42 Å². The lowest BCUT2D eigenvalue weighted by atomic mass is 10.1. The Balaban J connectivity index is -0.000000108. The van der Waals surface area contributed by atoms with Gasteiger partial charge in [0.1, 0.15) is 6.04 Å². The second-order valence-electron chi connectivity index (χ2n) is 5.20. The van der Waals surface area contributed by atoms with Crippen molar-refractivity contribution >= 4 is 30.8 Å². The lowest BCUT2D eigenvalue weighted by molar-refractivity contribution is -0.138. The molecular weight excluding hydrogens is 289 g/mol. The first-order valence-electron chi connectivity index (χ1n) is 6.14. The Kier molecular flexibility index (Phi) is 23.0. The molecule has 0 spiro atoms. The molecule has 0 aromatic carbocycles. The van der Waals surface area contributed by atoms with Gasteiger partial charge in [0.15, 0.2) is 0 Å². The Morgan fingerprint density at radius 3 is 1.47 bits per heavy atom. The normalized spacial score (nSPS) is 12.7. The number of hydrogen-bond donors (Lipinski definition) is 4. The van der Waals surface area contributed by atoms with Crippen molar-refractivity contribution in [1.82, 2.24) is 0 Å². The van der Waals surface area contributed by atoms with E-state index < -0.39 is 12.0 Å². The van der Waals surface area contributed by atoms with Crippen LogP contribution in [0.4, 0.5) is 0 Å². The van der Waals surface area contributed by atoms with Gasteiger partial charge < -0.3 is 22.3 Å². The third-order valence-electron chi connectivity index (χ3n) is 2.12. The summed E-state index contributed by atoms with van der Waals surface area (Å²) < 4.78 is 0. The Labute approximate surface area is 129 Å². The maximum absolute atomic E-state index is 10.1. The number of rotatable bonds is 6. The Hall–Kier alpha value is -0.0700. The molecule has 0 aliphatic rings. The van der Waals surface area contributed by atoms with Gasteiger partial charge in [0.2, 0.25) is 0 Å². The highest BCUT2D eigenvalue weighted by Gasteiger charge is 2.11. The predicted molar refractivity (Wildman–Crippen MR) is 86.0 cm³/mol. The zero-order chi connectivity index (χ0) is 14.0. The molecule has 0 saturated carbocycles. The molecule has 0 rings (SSSR count). The van der Waals surface area contributed by atoms with Crippen LogP contribution < -0.4 is 17.2 Å². The Bertz CT molecular complexity index is 205. The van der Waals surface area contributed by atoms with Crippen LogP contribution in [-0.4, -0.2) is 29.7 Å². The summed E-state index contributed by atoms with van der Waals surface area (Å²) in [6.07, 6.45) is 1.59. The summed E-state index contributed by atoms with van der Waals surface area (Å²) >= 11 is 0. The lowest BCUT2D eigenvalue weighted by Crippen LogP contribution is -2.31. The number of carbonyl (C=O) groups is 1. The van der Waals surface area contributed by atoms with Gasteiger partial charge in [-0.05, 0) is 24.7 Å². The molecular formula is C12H31Cl2N3O2. The number of hydrogen-bond acceptors (Lipinski definition) is 4. The average Bonchev–Trinajstić information content (AvgIpc) is 2.16. The van der Waals surface area contributed by atoms with Crippen LogP contribution in [-0.2, 0) is 4.79 Å². The minimum absolute atomic E-state index is 0. The quantitative estimate of drug-likeness (QED) is 0.593. The first kappa shape index (κ1) is 27.3. The number of nitrogens with two attached hydrogens (primary N) is 3. The monoisotopic (exact) mass is 319 g/mol. The summed E-state index contributed by atoms with van der Waals surface area (Å²) in [7, 11) is 0. The zero-order valence-corrected chi connectivity index (χ0v) is 14.0. The second-order valence-corrected chi connectivity index (χ2v) is 5.20. The number of carboxylic acids is 1. The fourth-order valence-electron chi connectivity index (χ4n) is 1.31. The van der Waals surface area contributed by atoms with Gasteiger partial charge in [0.25, 0.3) is 0 Å². The molecule has 7 N–H and O–H groups in total. The van der Waals surface area contributed by atoms with Gasteiger partial charge in [-0.1, -0.05) is 27.7 Å². The molecule has 2 atom stereocenters. The van der Waals surface area contributed by atoms with E-state index >= 15 is 0 Å². The molecule has 0 aliphatic carbocycles. The van der Waals surface area contributed by atoms with Gasteiger partial charge in [0.05, 0.1) is 0 Å². The summed E-state index contributed by atoms with van der Waals surface area (Å²) in [5.41, 5.74) is 16.1. The number of aliphatic carboxylic acids is 1. The van der Waals surface area contributed by atoms with Crippen LogP contribution in [0.25, 0.3) is 0 Å². The number of halogens is 2. The second kappa shape index (κ2) is 16.0. The van der Waals surface area contributed by atoms with Crippen molar-refractivity contribution in [2.24, 2.45) is 29.0 Å². The molecule has 120 valence electrons. The first-order chi connectivity index (χ1) is 7.70. The molecule has 7 heteroatoms. The van der Waals surface area contributed by atoms with Crippen LogP contribution in [0.2, 0.25) is 0 Å². The molecule has 0 aromatic heterocycles. The molecule has 0 unspecified atom stereocenters.